The average molecular weight is 263 g/mol. The Balaban J connectivity index is 2.32. The quantitative estimate of drug-likeness (QED) is 0.838. The molecule has 6 nitrogen and oxygen atoms in total. The fourth-order valence-corrected chi connectivity index (χ4v) is 2.56. The molecule has 0 aromatic carbocycles. The number of carbonyl (C=O) groups is 1. The first-order chi connectivity index (χ1) is 9.01. The van der Waals surface area contributed by atoms with Crippen molar-refractivity contribution in [1.82, 2.24) is 9.97 Å². The number of anilines is 2. The van der Waals surface area contributed by atoms with Crippen molar-refractivity contribution in [3.05, 3.63) is 11.9 Å². The van der Waals surface area contributed by atoms with Crippen LogP contribution >= 0.6 is 0 Å². The minimum atomic E-state index is -0.463. The van der Waals surface area contributed by atoms with Crippen molar-refractivity contribution in [2.45, 2.75) is 26.7 Å². The van der Waals surface area contributed by atoms with E-state index in [1.807, 2.05) is 14.0 Å². The summed E-state index contributed by atoms with van der Waals surface area (Å²) in [5, 5.41) is 3.08. The lowest BCUT2D eigenvalue weighted by Gasteiger charge is -2.24. The van der Waals surface area contributed by atoms with Crippen LogP contribution in [-0.2, 0) is 11.2 Å². The number of aromatic nitrogens is 2. The molecule has 2 rings (SSSR count). The lowest BCUT2D eigenvalue weighted by molar-refractivity contribution is -0.125. The predicted octanol–water partition coefficient (Wildman–Crippen LogP) is 0.782. The molecular formula is C13H21N5O. The van der Waals surface area contributed by atoms with E-state index < -0.39 is 5.41 Å². The van der Waals surface area contributed by atoms with E-state index in [4.69, 9.17) is 5.73 Å². The summed E-state index contributed by atoms with van der Waals surface area (Å²) < 4.78 is 0. The van der Waals surface area contributed by atoms with Crippen LogP contribution in [0.3, 0.4) is 0 Å². The van der Waals surface area contributed by atoms with Gasteiger partial charge in [-0.1, -0.05) is 6.92 Å². The standard InChI is InChI=1S/C13H21N5O/c1-4-9-10(15-3)16-8-17-11(9)18-6-5-13(2,7-18)12(14)19/h8H,4-7H2,1-3H3,(H2,14,19)(H,15,16,17). The Morgan fingerprint density at radius 2 is 2.32 bits per heavy atom. The maximum Gasteiger partial charge on any atom is 0.225 e. The Bertz CT molecular complexity index is 490. The Labute approximate surface area is 113 Å². The third-order valence-corrected chi connectivity index (χ3v) is 3.88. The van der Waals surface area contributed by atoms with Crippen molar-refractivity contribution in [2.75, 3.05) is 30.4 Å². The molecule has 1 aromatic heterocycles. The van der Waals surface area contributed by atoms with Crippen LogP contribution in [0.25, 0.3) is 0 Å². The second-order valence-electron chi connectivity index (χ2n) is 5.22. The molecule has 0 aliphatic carbocycles. The molecule has 1 amide bonds. The molecule has 2 heterocycles. The van der Waals surface area contributed by atoms with E-state index in [1.54, 1.807) is 6.33 Å². The third kappa shape index (κ3) is 2.34. The number of hydrogen-bond donors (Lipinski definition) is 2. The molecule has 3 N–H and O–H groups in total. The van der Waals surface area contributed by atoms with Crippen LogP contribution in [-0.4, -0.2) is 36.0 Å². The largest absolute Gasteiger partial charge is 0.373 e. The van der Waals surface area contributed by atoms with Gasteiger partial charge in [0.15, 0.2) is 0 Å². The Morgan fingerprint density at radius 3 is 2.84 bits per heavy atom. The molecule has 0 saturated carbocycles. The highest BCUT2D eigenvalue weighted by atomic mass is 16.1. The van der Waals surface area contributed by atoms with Crippen LogP contribution in [0.5, 0.6) is 0 Å². The molecule has 0 spiro atoms. The summed E-state index contributed by atoms with van der Waals surface area (Å²) in [7, 11) is 1.85. The monoisotopic (exact) mass is 263 g/mol. The van der Waals surface area contributed by atoms with Crippen LogP contribution in [0.15, 0.2) is 6.33 Å². The smallest absolute Gasteiger partial charge is 0.225 e. The van der Waals surface area contributed by atoms with Crippen molar-refractivity contribution < 1.29 is 4.79 Å². The van der Waals surface area contributed by atoms with E-state index in [1.165, 1.54) is 0 Å². The summed E-state index contributed by atoms with van der Waals surface area (Å²) >= 11 is 0. The van der Waals surface area contributed by atoms with Gasteiger partial charge >= 0.3 is 0 Å². The van der Waals surface area contributed by atoms with Crippen molar-refractivity contribution in [2.24, 2.45) is 11.1 Å². The summed E-state index contributed by atoms with van der Waals surface area (Å²) in [6.45, 7) is 5.41. The van der Waals surface area contributed by atoms with Gasteiger partial charge < -0.3 is 16.0 Å². The van der Waals surface area contributed by atoms with Crippen LogP contribution in [0.2, 0.25) is 0 Å². The van der Waals surface area contributed by atoms with Crippen molar-refractivity contribution >= 4 is 17.5 Å². The van der Waals surface area contributed by atoms with Crippen molar-refractivity contribution in [3.8, 4) is 0 Å². The van der Waals surface area contributed by atoms with Gasteiger partial charge in [-0.2, -0.15) is 0 Å². The highest BCUT2D eigenvalue weighted by Crippen LogP contribution is 2.34. The normalized spacial score (nSPS) is 22.6. The maximum absolute atomic E-state index is 11.5. The average Bonchev–Trinajstić information content (AvgIpc) is 2.81. The van der Waals surface area contributed by atoms with Crippen LogP contribution in [0.1, 0.15) is 25.8 Å². The number of hydrogen-bond acceptors (Lipinski definition) is 5. The minimum Gasteiger partial charge on any atom is -0.373 e. The molecule has 6 heteroatoms. The second-order valence-corrected chi connectivity index (χ2v) is 5.22. The summed E-state index contributed by atoms with van der Waals surface area (Å²) in [4.78, 5) is 22.3. The van der Waals surface area contributed by atoms with Gasteiger partial charge in [0.05, 0.1) is 5.41 Å². The molecule has 0 radical (unpaired) electrons. The molecule has 1 atom stereocenters. The lowest BCUT2D eigenvalue weighted by Crippen LogP contribution is -2.37. The Morgan fingerprint density at radius 1 is 1.58 bits per heavy atom. The Hall–Kier alpha value is -1.85. The molecule has 1 aromatic rings. The van der Waals surface area contributed by atoms with Gasteiger partial charge in [-0.15, -0.1) is 0 Å². The SMILES string of the molecule is CCc1c(NC)ncnc1N1CCC(C)(C(N)=O)C1. The first-order valence-electron chi connectivity index (χ1n) is 6.58. The number of amides is 1. The fraction of sp³-hybridized carbons (Fsp3) is 0.615. The highest BCUT2D eigenvalue weighted by molar-refractivity contribution is 5.82. The molecule has 19 heavy (non-hydrogen) atoms. The second kappa shape index (κ2) is 5.03. The van der Waals surface area contributed by atoms with E-state index in [9.17, 15) is 4.79 Å². The van der Waals surface area contributed by atoms with Gasteiger partial charge in [0.25, 0.3) is 0 Å². The van der Waals surface area contributed by atoms with E-state index in [2.05, 4.69) is 27.1 Å². The maximum atomic E-state index is 11.5. The zero-order chi connectivity index (χ0) is 14.0. The molecule has 1 saturated heterocycles. The van der Waals surface area contributed by atoms with Gasteiger partial charge in [-0.25, -0.2) is 9.97 Å². The molecule has 1 fully saturated rings. The number of rotatable bonds is 4. The predicted molar refractivity (Wildman–Crippen MR) is 75.1 cm³/mol. The van der Waals surface area contributed by atoms with Crippen LogP contribution in [0, 0.1) is 5.41 Å². The van der Waals surface area contributed by atoms with Gasteiger partial charge in [-0.05, 0) is 19.8 Å². The van der Waals surface area contributed by atoms with Gasteiger partial charge in [0, 0.05) is 25.7 Å². The Kier molecular flexibility index (Phi) is 3.59. The van der Waals surface area contributed by atoms with Crippen LogP contribution in [0.4, 0.5) is 11.6 Å². The molecule has 1 aliphatic rings. The first kappa shape index (κ1) is 13.6. The molecular weight excluding hydrogens is 242 g/mol. The van der Waals surface area contributed by atoms with Gasteiger partial charge in [0.1, 0.15) is 18.0 Å². The zero-order valence-corrected chi connectivity index (χ0v) is 11.7. The van der Waals surface area contributed by atoms with Crippen molar-refractivity contribution in [3.63, 3.8) is 0 Å². The van der Waals surface area contributed by atoms with E-state index >= 15 is 0 Å². The van der Waals surface area contributed by atoms with E-state index in [-0.39, 0.29) is 5.91 Å². The van der Waals surface area contributed by atoms with Gasteiger partial charge in [-0.3, -0.25) is 4.79 Å². The number of nitrogens with two attached hydrogens (primary N) is 1. The topological polar surface area (TPSA) is 84.1 Å². The van der Waals surface area contributed by atoms with E-state index in [0.29, 0.717) is 6.54 Å². The number of nitrogens with zero attached hydrogens (tertiary/aromatic N) is 3. The minimum absolute atomic E-state index is 0.240. The number of nitrogens with one attached hydrogen (secondary N) is 1. The number of carbonyl (C=O) groups excluding carboxylic acids is 1. The first-order valence-corrected chi connectivity index (χ1v) is 6.58. The van der Waals surface area contributed by atoms with Crippen molar-refractivity contribution in [1.29, 1.82) is 0 Å². The summed E-state index contributed by atoms with van der Waals surface area (Å²) in [6.07, 6.45) is 3.17. The summed E-state index contributed by atoms with van der Waals surface area (Å²) in [6, 6.07) is 0. The summed E-state index contributed by atoms with van der Waals surface area (Å²) in [5.74, 6) is 1.52. The molecule has 1 unspecified atom stereocenters. The highest BCUT2D eigenvalue weighted by Gasteiger charge is 2.40. The molecule has 1 aliphatic heterocycles. The fourth-order valence-electron chi connectivity index (χ4n) is 2.56. The van der Waals surface area contributed by atoms with Gasteiger partial charge in [0.2, 0.25) is 5.91 Å². The number of primary amides is 1. The third-order valence-electron chi connectivity index (χ3n) is 3.88. The summed E-state index contributed by atoms with van der Waals surface area (Å²) in [5.41, 5.74) is 6.11. The zero-order valence-electron chi connectivity index (χ0n) is 11.7. The molecule has 104 valence electrons. The van der Waals surface area contributed by atoms with E-state index in [0.717, 1.165) is 36.6 Å². The molecule has 0 bridgehead atoms. The van der Waals surface area contributed by atoms with Crippen LogP contribution < -0.4 is 16.0 Å². The lowest BCUT2D eigenvalue weighted by atomic mass is 9.89.